The Balaban J connectivity index is 1.43. The van der Waals surface area contributed by atoms with Crippen LogP contribution < -0.4 is 10.1 Å². The lowest BCUT2D eigenvalue weighted by Gasteiger charge is -2.38. The third kappa shape index (κ3) is 2.45. The van der Waals surface area contributed by atoms with Crippen LogP contribution in [0.1, 0.15) is 24.8 Å². The van der Waals surface area contributed by atoms with Gasteiger partial charge in [0.05, 0.1) is 7.11 Å². The molecule has 3 aliphatic heterocycles. The van der Waals surface area contributed by atoms with Crippen LogP contribution in [0.5, 0.6) is 5.75 Å². The fraction of sp³-hybridized carbons (Fsp3) is 0.556. The smallest absolute Gasteiger partial charge is 0.246 e. The Kier molecular flexibility index (Phi) is 3.92. The van der Waals surface area contributed by atoms with Crippen LogP contribution in [-0.4, -0.2) is 59.9 Å². The van der Waals surface area contributed by atoms with Crippen LogP contribution in [0.3, 0.4) is 0 Å². The summed E-state index contributed by atoms with van der Waals surface area (Å²) in [6.07, 6.45) is 2.45. The number of methoxy groups -OCH3 is 1. The molecule has 0 aliphatic carbocycles. The van der Waals surface area contributed by atoms with E-state index in [0.717, 1.165) is 30.7 Å². The van der Waals surface area contributed by atoms with Crippen molar-refractivity contribution in [2.75, 3.05) is 20.2 Å². The summed E-state index contributed by atoms with van der Waals surface area (Å²) < 4.78 is 5.37. The highest BCUT2D eigenvalue weighted by atomic mass is 16.5. The fourth-order valence-electron chi connectivity index (χ4n) is 4.23. The molecule has 0 aromatic heterocycles. The van der Waals surface area contributed by atoms with Crippen molar-refractivity contribution in [3.05, 3.63) is 29.8 Å². The molecule has 3 fully saturated rings. The SMILES string of the molecule is COc1ccccc1CN[C@H]1C[C@H]2C(=O)N3CCC[C@H]3C(=O)N2C1. The summed E-state index contributed by atoms with van der Waals surface area (Å²) in [5, 5.41) is 3.49. The van der Waals surface area contributed by atoms with E-state index in [0.29, 0.717) is 19.5 Å². The molecule has 3 aliphatic rings. The van der Waals surface area contributed by atoms with Crippen molar-refractivity contribution in [2.45, 2.75) is 43.9 Å². The Morgan fingerprint density at radius 3 is 2.79 bits per heavy atom. The highest BCUT2D eigenvalue weighted by Gasteiger charge is 2.51. The largest absolute Gasteiger partial charge is 0.496 e. The maximum absolute atomic E-state index is 12.6. The third-order valence-corrected chi connectivity index (χ3v) is 5.46. The zero-order valence-corrected chi connectivity index (χ0v) is 13.9. The standard InChI is InChI=1S/C18H23N3O3/c1-24-16-7-3-2-5-12(16)10-19-13-9-15-18(23)20-8-4-6-14(20)17(22)21(15)11-13/h2-3,5,7,13-15,19H,4,6,8-11H2,1H3/t13-,14-,15-/m0/s1. The first-order chi connectivity index (χ1) is 11.7. The van der Waals surface area contributed by atoms with Crippen LogP contribution in [0.4, 0.5) is 0 Å². The van der Waals surface area contributed by atoms with Gasteiger partial charge in [-0.3, -0.25) is 9.59 Å². The van der Waals surface area contributed by atoms with Gasteiger partial charge in [-0.2, -0.15) is 0 Å². The second-order valence-corrected chi connectivity index (χ2v) is 6.82. The van der Waals surface area contributed by atoms with Crippen LogP contribution in [-0.2, 0) is 16.1 Å². The highest BCUT2D eigenvalue weighted by molar-refractivity contribution is 5.98. The number of rotatable bonds is 4. The number of fused-ring (bicyclic) bond motifs is 2. The molecule has 0 saturated carbocycles. The first-order valence-electron chi connectivity index (χ1n) is 8.65. The molecule has 6 nitrogen and oxygen atoms in total. The number of nitrogens with zero attached hydrogens (tertiary/aromatic N) is 2. The van der Waals surface area contributed by atoms with E-state index >= 15 is 0 Å². The predicted octanol–water partition coefficient (Wildman–Crippen LogP) is 0.759. The molecule has 0 radical (unpaired) electrons. The molecule has 2 amide bonds. The Labute approximate surface area is 141 Å². The number of amides is 2. The Morgan fingerprint density at radius 2 is 1.96 bits per heavy atom. The van der Waals surface area contributed by atoms with Crippen LogP contribution in [0.2, 0.25) is 0 Å². The molecule has 0 spiro atoms. The van der Waals surface area contributed by atoms with E-state index in [1.165, 1.54) is 0 Å². The van der Waals surface area contributed by atoms with Gasteiger partial charge in [-0.25, -0.2) is 0 Å². The molecule has 0 bridgehead atoms. The van der Waals surface area contributed by atoms with Crippen molar-refractivity contribution in [3.63, 3.8) is 0 Å². The predicted molar refractivity (Wildman–Crippen MR) is 88.5 cm³/mol. The first-order valence-corrected chi connectivity index (χ1v) is 8.65. The number of nitrogens with one attached hydrogen (secondary N) is 1. The average Bonchev–Trinajstić information content (AvgIpc) is 3.25. The fourth-order valence-corrected chi connectivity index (χ4v) is 4.23. The second kappa shape index (κ2) is 6.09. The molecular weight excluding hydrogens is 306 g/mol. The normalized spacial score (nSPS) is 29.0. The molecule has 1 aromatic rings. The monoisotopic (exact) mass is 329 g/mol. The third-order valence-electron chi connectivity index (χ3n) is 5.46. The zero-order chi connectivity index (χ0) is 16.7. The van der Waals surface area contributed by atoms with E-state index in [1.807, 2.05) is 24.3 Å². The van der Waals surface area contributed by atoms with E-state index < -0.39 is 0 Å². The van der Waals surface area contributed by atoms with E-state index in [9.17, 15) is 9.59 Å². The molecule has 128 valence electrons. The molecule has 4 rings (SSSR count). The van der Waals surface area contributed by atoms with Crippen LogP contribution >= 0.6 is 0 Å². The molecule has 3 saturated heterocycles. The molecule has 6 heteroatoms. The Bertz CT molecular complexity index is 633. The summed E-state index contributed by atoms with van der Waals surface area (Å²) in [6.45, 7) is 2.03. The summed E-state index contributed by atoms with van der Waals surface area (Å²) >= 11 is 0. The van der Waals surface area contributed by atoms with E-state index in [2.05, 4.69) is 5.32 Å². The van der Waals surface area contributed by atoms with Gasteiger partial charge in [0.1, 0.15) is 17.8 Å². The number of carbonyl (C=O) groups is 2. The quantitative estimate of drug-likeness (QED) is 0.886. The van der Waals surface area contributed by atoms with Gasteiger partial charge in [0.25, 0.3) is 0 Å². The molecule has 3 atom stereocenters. The maximum Gasteiger partial charge on any atom is 0.246 e. The first kappa shape index (κ1) is 15.4. The molecule has 1 aromatic carbocycles. The van der Waals surface area contributed by atoms with E-state index in [1.54, 1.807) is 16.9 Å². The zero-order valence-electron chi connectivity index (χ0n) is 13.9. The van der Waals surface area contributed by atoms with Gasteiger partial charge in [0, 0.05) is 31.2 Å². The van der Waals surface area contributed by atoms with Crippen molar-refractivity contribution >= 4 is 11.8 Å². The average molecular weight is 329 g/mol. The van der Waals surface area contributed by atoms with Gasteiger partial charge in [0.15, 0.2) is 0 Å². The van der Waals surface area contributed by atoms with Gasteiger partial charge < -0.3 is 19.9 Å². The minimum absolute atomic E-state index is 0.138. The van der Waals surface area contributed by atoms with Gasteiger partial charge in [0.2, 0.25) is 11.8 Å². The lowest BCUT2D eigenvalue weighted by molar-refractivity contribution is -0.156. The molecule has 0 unspecified atom stereocenters. The lowest BCUT2D eigenvalue weighted by atomic mass is 10.1. The summed E-state index contributed by atoms with van der Waals surface area (Å²) in [5.74, 6) is 1.13. The van der Waals surface area contributed by atoms with Gasteiger partial charge in [-0.15, -0.1) is 0 Å². The number of carbonyl (C=O) groups excluding carboxylic acids is 2. The van der Waals surface area contributed by atoms with Crippen molar-refractivity contribution in [1.82, 2.24) is 15.1 Å². The lowest BCUT2D eigenvalue weighted by Crippen LogP contribution is -2.60. The summed E-state index contributed by atoms with van der Waals surface area (Å²) in [5.41, 5.74) is 1.09. The summed E-state index contributed by atoms with van der Waals surface area (Å²) in [6, 6.07) is 7.56. The highest BCUT2D eigenvalue weighted by Crippen LogP contribution is 2.32. The topological polar surface area (TPSA) is 61.9 Å². The number of hydrogen-bond acceptors (Lipinski definition) is 4. The van der Waals surface area contributed by atoms with Crippen molar-refractivity contribution in [2.24, 2.45) is 0 Å². The molecular formula is C18H23N3O3. The van der Waals surface area contributed by atoms with Crippen LogP contribution in [0.15, 0.2) is 24.3 Å². The summed E-state index contributed by atoms with van der Waals surface area (Å²) in [7, 11) is 1.67. The number of ether oxygens (including phenoxy) is 1. The number of hydrogen-bond donors (Lipinski definition) is 1. The van der Waals surface area contributed by atoms with Gasteiger partial charge >= 0.3 is 0 Å². The number of benzene rings is 1. The Hall–Kier alpha value is -2.08. The summed E-state index contributed by atoms with van der Waals surface area (Å²) in [4.78, 5) is 28.9. The molecule has 24 heavy (non-hydrogen) atoms. The molecule has 3 heterocycles. The van der Waals surface area contributed by atoms with Gasteiger partial charge in [-0.1, -0.05) is 18.2 Å². The molecule has 1 N–H and O–H groups in total. The van der Waals surface area contributed by atoms with Crippen molar-refractivity contribution < 1.29 is 14.3 Å². The second-order valence-electron chi connectivity index (χ2n) is 6.82. The van der Waals surface area contributed by atoms with Crippen molar-refractivity contribution in [1.29, 1.82) is 0 Å². The van der Waals surface area contributed by atoms with Gasteiger partial charge in [-0.05, 0) is 25.3 Å². The van der Waals surface area contributed by atoms with Crippen molar-refractivity contribution in [3.8, 4) is 5.75 Å². The maximum atomic E-state index is 12.6. The Morgan fingerprint density at radius 1 is 1.17 bits per heavy atom. The minimum atomic E-state index is -0.276. The van der Waals surface area contributed by atoms with Crippen LogP contribution in [0.25, 0.3) is 0 Å². The van der Waals surface area contributed by atoms with E-state index in [-0.39, 0.29) is 29.9 Å². The number of para-hydroxylation sites is 1. The number of piperazine rings is 1. The van der Waals surface area contributed by atoms with E-state index in [4.69, 9.17) is 4.74 Å². The minimum Gasteiger partial charge on any atom is -0.496 e. The van der Waals surface area contributed by atoms with Crippen LogP contribution in [0, 0.1) is 0 Å².